The van der Waals surface area contributed by atoms with E-state index in [-0.39, 0.29) is 12.2 Å². The van der Waals surface area contributed by atoms with Gasteiger partial charge in [-0.3, -0.25) is 19.7 Å². The molecule has 0 saturated carbocycles. The maximum atomic E-state index is 12.9. The number of esters is 1. The van der Waals surface area contributed by atoms with Crippen molar-refractivity contribution < 1.29 is 19.2 Å². The smallest absolute Gasteiger partial charge is 0.325 e. The predicted molar refractivity (Wildman–Crippen MR) is 120 cm³/mol. The van der Waals surface area contributed by atoms with Gasteiger partial charge in [0.2, 0.25) is 0 Å². The van der Waals surface area contributed by atoms with Gasteiger partial charge in [-0.25, -0.2) is 0 Å². The van der Waals surface area contributed by atoms with Gasteiger partial charge in [-0.15, -0.1) is 11.3 Å². The molecular formula is C21H17N3O5S2. The third-order valence-electron chi connectivity index (χ3n) is 4.79. The third kappa shape index (κ3) is 4.12. The molecule has 0 spiro atoms. The summed E-state index contributed by atoms with van der Waals surface area (Å²) in [4.78, 5) is 40.4. The molecule has 31 heavy (non-hydrogen) atoms. The number of nitrogens with zero attached hydrogens (tertiary/aromatic N) is 3. The second kappa shape index (κ2) is 8.40. The summed E-state index contributed by atoms with van der Waals surface area (Å²) in [6, 6.07) is 12.0. The normalized spacial score (nSPS) is 11.9. The van der Waals surface area contributed by atoms with E-state index in [4.69, 9.17) is 4.74 Å². The van der Waals surface area contributed by atoms with Crippen molar-refractivity contribution in [1.29, 1.82) is 0 Å². The van der Waals surface area contributed by atoms with E-state index in [0.717, 1.165) is 26.9 Å². The Kier molecular flexibility index (Phi) is 5.66. The monoisotopic (exact) mass is 455 g/mol. The van der Waals surface area contributed by atoms with Crippen LogP contribution in [0.5, 0.6) is 0 Å². The standard InChI is InChI=1S/C21H17N3O5S2/c1-3-12-4-6-15-17(8-12)31-21(23(15)11-19(25)29-2)22-20(26)18-10-13-9-14(24(27)28)5-7-16(13)30-18/h4-10H,3,11H2,1-2H3. The lowest BCUT2D eigenvalue weighted by molar-refractivity contribution is -0.384. The van der Waals surface area contributed by atoms with E-state index in [0.29, 0.717) is 15.1 Å². The maximum absolute atomic E-state index is 12.9. The Morgan fingerprint density at radius 2 is 1.94 bits per heavy atom. The number of carbonyl (C=O) groups excluding carboxylic acids is 2. The molecule has 0 radical (unpaired) electrons. The average molecular weight is 456 g/mol. The Morgan fingerprint density at radius 1 is 1.13 bits per heavy atom. The molecule has 0 saturated heterocycles. The van der Waals surface area contributed by atoms with Gasteiger partial charge >= 0.3 is 5.97 Å². The summed E-state index contributed by atoms with van der Waals surface area (Å²) in [5.41, 5.74) is 1.91. The number of amides is 1. The predicted octanol–water partition coefficient (Wildman–Crippen LogP) is 4.30. The van der Waals surface area contributed by atoms with E-state index in [9.17, 15) is 19.7 Å². The van der Waals surface area contributed by atoms with Crippen LogP contribution < -0.4 is 4.80 Å². The zero-order valence-corrected chi connectivity index (χ0v) is 18.3. The lowest BCUT2D eigenvalue weighted by Crippen LogP contribution is -2.22. The molecule has 0 aliphatic carbocycles. The van der Waals surface area contributed by atoms with Crippen LogP contribution in [0.25, 0.3) is 20.3 Å². The molecule has 2 heterocycles. The number of fused-ring (bicyclic) bond motifs is 2. The molecule has 0 N–H and O–H groups in total. The minimum Gasteiger partial charge on any atom is -0.468 e. The van der Waals surface area contributed by atoms with E-state index in [1.807, 2.05) is 18.2 Å². The van der Waals surface area contributed by atoms with E-state index < -0.39 is 16.8 Å². The number of thiazole rings is 1. The fraction of sp³-hybridized carbons (Fsp3) is 0.190. The number of nitro groups is 1. The number of ether oxygens (including phenoxy) is 1. The highest BCUT2D eigenvalue weighted by molar-refractivity contribution is 7.21. The van der Waals surface area contributed by atoms with Crippen molar-refractivity contribution in [1.82, 2.24) is 4.57 Å². The van der Waals surface area contributed by atoms with Crippen LogP contribution in [0, 0.1) is 10.1 Å². The Morgan fingerprint density at radius 3 is 2.65 bits per heavy atom. The Labute approximate surface area is 184 Å². The van der Waals surface area contributed by atoms with E-state index in [1.165, 1.54) is 41.9 Å². The molecule has 8 nitrogen and oxygen atoms in total. The van der Waals surface area contributed by atoms with Gasteiger partial charge in [-0.05, 0) is 36.2 Å². The largest absolute Gasteiger partial charge is 0.468 e. The van der Waals surface area contributed by atoms with Crippen LogP contribution in [0.2, 0.25) is 0 Å². The maximum Gasteiger partial charge on any atom is 0.325 e. The molecule has 0 aliphatic heterocycles. The van der Waals surface area contributed by atoms with Gasteiger partial charge in [0.25, 0.3) is 11.6 Å². The first-order valence-corrected chi connectivity index (χ1v) is 11.0. The van der Waals surface area contributed by atoms with Crippen LogP contribution in [0.1, 0.15) is 22.2 Å². The van der Waals surface area contributed by atoms with Crippen LogP contribution in [-0.4, -0.2) is 28.5 Å². The molecule has 2 aromatic carbocycles. The first-order chi connectivity index (χ1) is 14.9. The van der Waals surface area contributed by atoms with E-state index in [1.54, 1.807) is 16.7 Å². The second-order valence-electron chi connectivity index (χ2n) is 6.71. The summed E-state index contributed by atoms with van der Waals surface area (Å²) in [5, 5.41) is 11.6. The Bertz CT molecular complexity index is 1410. The van der Waals surface area contributed by atoms with Gasteiger partial charge in [0, 0.05) is 22.2 Å². The number of aromatic nitrogens is 1. The summed E-state index contributed by atoms with van der Waals surface area (Å²) < 4.78 is 8.14. The molecule has 0 fully saturated rings. The lowest BCUT2D eigenvalue weighted by atomic mass is 10.2. The summed E-state index contributed by atoms with van der Waals surface area (Å²) in [6.07, 6.45) is 0.865. The molecule has 4 rings (SSSR count). The fourth-order valence-electron chi connectivity index (χ4n) is 3.16. The number of carbonyl (C=O) groups is 2. The lowest BCUT2D eigenvalue weighted by Gasteiger charge is -2.04. The highest BCUT2D eigenvalue weighted by Gasteiger charge is 2.15. The molecule has 2 aromatic heterocycles. The van der Waals surface area contributed by atoms with Crippen molar-refractivity contribution in [2.45, 2.75) is 19.9 Å². The summed E-state index contributed by atoms with van der Waals surface area (Å²) >= 11 is 2.55. The van der Waals surface area contributed by atoms with Gasteiger partial charge < -0.3 is 9.30 Å². The summed E-state index contributed by atoms with van der Waals surface area (Å²) in [7, 11) is 1.31. The van der Waals surface area contributed by atoms with Crippen molar-refractivity contribution in [3.8, 4) is 0 Å². The second-order valence-corrected chi connectivity index (χ2v) is 8.80. The van der Waals surface area contributed by atoms with Crippen LogP contribution >= 0.6 is 22.7 Å². The molecule has 0 atom stereocenters. The van der Waals surface area contributed by atoms with Gasteiger partial charge in [0.15, 0.2) is 4.80 Å². The zero-order chi connectivity index (χ0) is 22.1. The van der Waals surface area contributed by atoms with Crippen molar-refractivity contribution in [3.05, 3.63) is 67.8 Å². The van der Waals surface area contributed by atoms with Crippen LogP contribution in [0.3, 0.4) is 0 Å². The topological polar surface area (TPSA) is 104 Å². The highest BCUT2D eigenvalue weighted by Crippen LogP contribution is 2.29. The average Bonchev–Trinajstić information content (AvgIpc) is 3.34. The molecule has 0 aliphatic rings. The first kappa shape index (κ1) is 20.9. The van der Waals surface area contributed by atoms with Crippen LogP contribution in [0.15, 0.2) is 47.5 Å². The summed E-state index contributed by atoms with van der Waals surface area (Å²) in [5.74, 6) is -0.910. The number of methoxy groups -OCH3 is 1. The highest BCUT2D eigenvalue weighted by atomic mass is 32.1. The van der Waals surface area contributed by atoms with E-state index >= 15 is 0 Å². The van der Waals surface area contributed by atoms with Crippen molar-refractivity contribution in [2.75, 3.05) is 7.11 Å². The number of non-ortho nitro benzene ring substituents is 1. The number of aryl methyl sites for hydroxylation is 1. The van der Waals surface area contributed by atoms with Gasteiger partial charge in [0.1, 0.15) is 6.54 Å². The molecule has 0 unspecified atom stereocenters. The molecule has 0 bridgehead atoms. The minimum absolute atomic E-state index is 0.0339. The quantitative estimate of drug-likeness (QED) is 0.253. The van der Waals surface area contributed by atoms with Crippen LogP contribution in [-0.2, 0) is 22.5 Å². The van der Waals surface area contributed by atoms with Crippen molar-refractivity contribution in [2.24, 2.45) is 4.99 Å². The fourth-order valence-corrected chi connectivity index (χ4v) is 5.18. The Balaban J connectivity index is 1.81. The SMILES string of the molecule is CCc1ccc2c(c1)sc(=NC(=O)c1cc3cc([N+](=O)[O-])ccc3s1)n2CC(=O)OC. The molecule has 158 valence electrons. The van der Waals surface area contributed by atoms with Gasteiger partial charge in [0.05, 0.1) is 27.1 Å². The molecule has 1 amide bonds. The zero-order valence-electron chi connectivity index (χ0n) is 16.7. The number of hydrogen-bond acceptors (Lipinski definition) is 7. The van der Waals surface area contributed by atoms with E-state index in [2.05, 4.69) is 11.9 Å². The Hall–Kier alpha value is -3.37. The molecular weight excluding hydrogens is 438 g/mol. The number of hydrogen-bond donors (Lipinski definition) is 0. The third-order valence-corrected chi connectivity index (χ3v) is 6.93. The number of nitro benzene ring substituents is 1. The molecule has 10 heteroatoms. The van der Waals surface area contributed by atoms with Gasteiger partial charge in [-0.1, -0.05) is 24.3 Å². The first-order valence-electron chi connectivity index (χ1n) is 9.35. The van der Waals surface area contributed by atoms with Gasteiger partial charge in [-0.2, -0.15) is 4.99 Å². The minimum atomic E-state index is -0.472. The van der Waals surface area contributed by atoms with Crippen molar-refractivity contribution >= 4 is 60.5 Å². The number of thiophene rings is 1. The van der Waals surface area contributed by atoms with Crippen LogP contribution in [0.4, 0.5) is 5.69 Å². The summed E-state index contributed by atoms with van der Waals surface area (Å²) in [6.45, 7) is 1.99. The number of benzene rings is 2. The van der Waals surface area contributed by atoms with Crippen molar-refractivity contribution in [3.63, 3.8) is 0 Å². The molecule has 4 aromatic rings. The number of rotatable bonds is 5.